The van der Waals surface area contributed by atoms with Crippen LogP contribution in [0.25, 0.3) is 88.4 Å². The molecule has 2 heteroatoms. The first-order valence-electron chi connectivity index (χ1n) is 19.6. The van der Waals surface area contributed by atoms with Crippen LogP contribution in [0.5, 0.6) is 0 Å². The number of pyridine rings is 2. The van der Waals surface area contributed by atoms with Crippen LogP contribution in [0.4, 0.5) is 0 Å². The third-order valence-electron chi connectivity index (χ3n) is 12.5. The minimum absolute atomic E-state index is 0.441. The predicted molar refractivity (Wildman–Crippen MR) is 235 cm³/mol. The van der Waals surface area contributed by atoms with Gasteiger partial charge in [-0.1, -0.05) is 170 Å². The molecule has 0 radical (unpaired) electrons. The lowest BCUT2D eigenvalue weighted by atomic mass is 9.71. The van der Waals surface area contributed by atoms with Gasteiger partial charge >= 0.3 is 0 Å². The van der Waals surface area contributed by atoms with Gasteiger partial charge in [0.25, 0.3) is 0 Å². The highest BCUT2D eigenvalue weighted by Gasteiger charge is 2.51. The molecule has 2 aliphatic carbocycles. The van der Waals surface area contributed by atoms with E-state index in [1.54, 1.807) is 0 Å². The summed E-state index contributed by atoms with van der Waals surface area (Å²) in [5.74, 6) is 0. The summed E-state index contributed by atoms with van der Waals surface area (Å²) in [5.41, 5.74) is 19.1. The molecule has 8 aromatic carbocycles. The number of benzene rings is 8. The van der Waals surface area contributed by atoms with E-state index < -0.39 is 5.41 Å². The van der Waals surface area contributed by atoms with Crippen molar-refractivity contribution in [3.63, 3.8) is 0 Å². The Morgan fingerprint density at radius 2 is 0.807 bits per heavy atom. The van der Waals surface area contributed by atoms with E-state index in [4.69, 9.17) is 9.97 Å². The lowest BCUT2D eigenvalue weighted by molar-refractivity contribution is 0.788. The van der Waals surface area contributed by atoms with Gasteiger partial charge in [-0.3, -0.25) is 9.97 Å². The van der Waals surface area contributed by atoms with Crippen molar-refractivity contribution in [1.82, 2.24) is 9.97 Å². The smallest absolute Gasteiger partial charge is 0.0740 e. The summed E-state index contributed by atoms with van der Waals surface area (Å²) in [7, 11) is 0. The Balaban J connectivity index is 0.995. The summed E-state index contributed by atoms with van der Waals surface area (Å²) in [5, 5.41) is 4.91. The Kier molecular flexibility index (Phi) is 6.88. The second-order valence-electron chi connectivity index (χ2n) is 15.2. The van der Waals surface area contributed by atoms with Crippen LogP contribution in [0, 0.1) is 0 Å². The summed E-state index contributed by atoms with van der Waals surface area (Å²) >= 11 is 0. The van der Waals surface area contributed by atoms with E-state index in [-0.39, 0.29) is 0 Å². The first kappa shape index (κ1) is 31.9. The zero-order valence-corrected chi connectivity index (χ0v) is 31.0. The van der Waals surface area contributed by atoms with Crippen molar-refractivity contribution in [3.8, 4) is 66.9 Å². The minimum Gasteiger partial charge on any atom is -0.264 e. The number of nitrogens with zero attached hydrogens (tertiary/aromatic N) is 2. The van der Waals surface area contributed by atoms with Crippen molar-refractivity contribution < 1.29 is 0 Å². The number of hydrogen-bond acceptors (Lipinski definition) is 2. The lowest BCUT2D eigenvalue weighted by Crippen LogP contribution is -2.26. The van der Waals surface area contributed by atoms with Crippen LogP contribution in [0.1, 0.15) is 22.3 Å². The van der Waals surface area contributed by atoms with Gasteiger partial charge in [0.2, 0.25) is 0 Å². The molecule has 2 heterocycles. The fourth-order valence-electron chi connectivity index (χ4n) is 10.1. The average Bonchev–Trinajstić information content (AvgIpc) is 3.76. The van der Waals surface area contributed by atoms with Gasteiger partial charge in [-0.25, -0.2) is 0 Å². The first-order valence-corrected chi connectivity index (χ1v) is 19.6. The molecule has 0 N–H and O–H groups in total. The maximum absolute atomic E-state index is 5.22. The number of hydrogen-bond donors (Lipinski definition) is 0. The van der Waals surface area contributed by atoms with E-state index >= 15 is 0 Å². The van der Waals surface area contributed by atoms with E-state index in [2.05, 4.69) is 200 Å². The zero-order valence-electron chi connectivity index (χ0n) is 31.0. The third-order valence-corrected chi connectivity index (χ3v) is 12.5. The molecule has 0 bridgehead atoms. The van der Waals surface area contributed by atoms with Gasteiger partial charge in [0.1, 0.15) is 0 Å². The third kappa shape index (κ3) is 4.53. The predicted octanol–water partition coefficient (Wildman–Crippen LogP) is 13.8. The van der Waals surface area contributed by atoms with E-state index in [0.29, 0.717) is 0 Å². The van der Waals surface area contributed by atoms with Gasteiger partial charge in [-0.05, 0) is 112 Å². The molecule has 2 nitrogen and oxygen atoms in total. The van der Waals surface area contributed by atoms with Gasteiger partial charge in [-0.15, -0.1) is 0 Å². The molecule has 12 rings (SSSR count). The van der Waals surface area contributed by atoms with Crippen molar-refractivity contribution in [2.24, 2.45) is 0 Å². The van der Waals surface area contributed by atoms with E-state index in [0.717, 1.165) is 16.8 Å². The van der Waals surface area contributed by atoms with Crippen molar-refractivity contribution in [3.05, 3.63) is 229 Å². The highest BCUT2D eigenvalue weighted by Crippen LogP contribution is 2.62. The van der Waals surface area contributed by atoms with Crippen LogP contribution < -0.4 is 0 Å². The molecule has 10 aromatic rings. The molecule has 1 atom stereocenters. The molecule has 1 spiro atoms. The fourth-order valence-corrected chi connectivity index (χ4v) is 10.1. The fraction of sp³-hybridized carbons (Fsp3) is 0.0182. The molecule has 0 saturated heterocycles. The van der Waals surface area contributed by atoms with Gasteiger partial charge in [0.15, 0.2) is 0 Å². The topological polar surface area (TPSA) is 25.8 Å². The monoisotopic (exact) mass is 722 g/mol. The quantitative estimate of drug-likeness (QED) is 0.169. The van der Waals surface area contributed by atoms with E-state index in [9.17, 15) is 0 Å². The van der Waals surface area contributed by atoms with Crippen LogP contribution in [-0.2, 0) is 5.41 Å². The minimum atomic E-state index is -0.441. The second-order valence-corrected chi connectivity index (χ2v) is 15.2. The molecule has 1 unspecified atom stereocenters. The molecular weight excluding hydrogens is 689 g/mol. The SMILES string of the molecule is c1ccc(-c2ccc(-c3c4ccccc4c(-c4ccc(-c5ccc6c(c5)C5(c7ccccc7-c7ccncc75)c5ccccc5-6)nc4)c4ccccc34)cc2)cc1. The summed E-state index contributed by atoms with van der Waals surface area (Å²) in [6.07, 6.45) is 6.07. The highest BCUT2D eigenvalue weighted by molar-refractivity contribution is 6.21. The largest absolute Gasteiger partial charge is 0.264 e. The van der Waals surface area contributed by atoms with Crippen LogP contribution in [0.2, 0.25) is 0 Å². The highest BCUT2D eigenvalue weighted by atomic mass is 14.7. The van der Waals surface area contributed by atoms with Crippen molar-refractivity contribution in [2.45, 2.75) is 5.41 Å². The van der Waals surface area contributed by atoms with Crippen LogP contribution >= 0.6 is 0 Å². The first-order chi connectivity index (χ1) is 28.3. The maximum Gasteiger partial charge on any atom is 0.0740 e. The van der Waals surface area contributed by atoms with Gasteiger partial charge in [0.05, 0.1) is 11.1 Å². The molecule has 2 aliphatic rings. The molecule has 2 aromatic heterocycles. The molecule has 57 heavy (non-hydrogen) atoms. The number of aromatic nitrogens is 2. The van der Waals surface area contributed by atoms with E-state index in [1.165, 1.54) is 93.9 Å². The van der Waals surface area contributed by atoms with Crippen molar-refractivity contribution in [2.75, 3.05) is 0 Å². The van der Waals surface area contributed by atoms with Gasteiger partial charge in [0, 0.05) is 29.7 Å². The summed E-state index contributed by atoms with van der Waals surface area (Å²) in [4.78, 5) is 9.92. The Bertz CT molecular complexity index is 3090. The Labute approximate surface area is 331 Å². The number of fused-ring (bicyclic) bond motifs is 12. The summed E-state index contributed by atoms with van der Waals surface area (Å²) < 4.78 is 0. The molecular formula is C55H34N2. The van der Waals surface area contributed by atoms with Crippen LogP contribution in [-0.4, -0.2) is 9.97 Å². The molecule has 0 saturated carbocycles. The van der Waals surface area contributed by atoms with Crippen LogP contribution in [0.15, 0.2) is 207 Å². The molecule has 0 fully saturated rings. The normalized spacial score (nSPS) is 14.7. The Morgan fingerprint density at radius 1 is 0.316 bits per heavy atom. The Morgan fingerprint density at radius 3 is 1.44 bits per heavy atom. The van der Waals surface area contributed by atoms with Crippen LogP contribution in [0.3, 0.4) is 0 Å². The molecule has 0 aliphatic heterocycles. The summed E-state index contributed by atoms with van der Waals surface area (Å²) in [6.45, 7) is 0. The second kappa shape index (κ2) is 12.3. The Hall–Kier alpha value is -7.42. The van der Waals surface area contributed by atoms with E-state index in [1.807, 2.05) is 6.20 Å². The van der Waals surface area contributed by atoms with Crippen molar-refractivity contribution >= 4 is 21.5 Å². The standard InChI is InChI=1S/C55H34N2/c1-2-12-35(13-3-1)36-22-24-37(25-23-36)53-44-16-4-6-18-46(44)54(47-19-7-5-17-45(47)53)39-27-29-52(57-33-39)38-26-28-42-40-14-8-10-20-48(40)55(50(42)32-38)49-21-11-9-15-41(49)43-30-31-56-34-51(43)55/h1-34H. The summed E-state index contributed by atoms with van der Waals surface area (Å²) in [6, 6.07) is 68.6. The number of rotatable bonds is 4. The van der Waals surface area contributed by atoms with Gasteiger partial charge < -0.3 is 0 Å². The molecule has 264 valence electrons. The molecule has 0 amide bonds. The van der Waals surface area contributed by atoms with Gasteiger partial charge in [-0.2, -0.15) is 0 Å². The van der Waals surface area contributed by atoms with Crippen molar-refractivity contribution in [1.29, 1.82) is 0 Å². The average molecular weight is 723 g/mol. The zero-order chi connectivity index (χ0) is 37.5. The lowest BCUT2D eigenvalue weighted by Gasteiger charge is -2.30. The maximum atomic E-state index is 5.22.